The third-order valence-corrected chi connectivity index (χ3v) is 0. The SMILES string of the molecule is [CH2-]C.[PH]=[Ru+]. The summed E-state index contributed by atoms with van der Waals surface area (Å²) in [6.07, 6.45) is 0. The molecule has 0 amide bonds. The van der Waals surface area contributed by atoms with Crippen molar-refractivity contribution in [1.82, 2.24) is 0 Å². The summed E-state index contributed by atoms with van der Waals surface area (Å²) < 4.78 is 0. The van der Waals surface area contributed by atoms with E-state index in [1.807, 2.05) is 0 Å². The fraction of sp³-hybridized carbons (Fsp3) is 0.500. The molecule has 0 heterocycles. The van der Waals surface area contributed by atoms with E-state index in [2.05, 4.69) is 31.4 Å². The molecule has 0 aliphatic carbocycles. The molecule has 0 radical (unpaired) electrons. The van der Waals surface area contributed by atoms with Crippen molar-refractivity contribution >= 4 is 7.12 Å². The van der Waals surface area contributed by atoms with E-state index in [0.717, 1.165) is 0 Å². The van der Waals surface area contributed by atoms with Crippen molar-refractivity contribution in [3.63, 3.8) is 0 Å². The zero-order valence-electron chi connectivity index (χ0n) is 2.56. The zero-order valence-corrected chi connectivity index (χ0v) is 5.30. The maximum atomic E-state index is 3.25. The van der Waals surface area contributed by atoms with Crippen LogP contribution in [0.2, 0.25) is 0 Å². The van der Waals surface area contributed by atoms with E-state index in [1.165, 1.54) is 0 Å². The summed E-state index contributed by atoms with van der Waals surface area (Å²) in [6, 6.07) is 0. The summed E-state index contributed by atoms with van der Waals surface area (Å²) in [7, 11) is 2.90. The van der Waals surface area contributed by atoms with Crippen LogP contribution in [-0.4, -0.2) is 0 Å². The van der Waals surface area contributed by atoms with E-state index in [4.69, 9.17) is 0 Å². The maximum absolute atomic E-state index is 3.25. The standard InChI is InChI=1S/C2H5.HP.Ru/c1-2;;/h1H2,2H3;1H;/q-1;;+1. The van der Waals surface area contributed by atoms with E-state index < -0.39 is 0 Å². The first-order chi connectivity index (χ1) is 2.00. The first-order valence-electron chi connectivity index (χ1n) is 0.884. The Bertz CT molecular complexity index is 6.00. The van der Waals surface area contributed by atoms with E-state index in [9.17, 15) is 0 Å². The molecular weight excluding hydrogens is 156 g/mol. The number of hydrogen-bond donors (Lipinski definition) is 0. The second-order valence-electron chi connectivity index (χ2n) is 0. The van der Waals surface area contributed by atoms with E-state index in [-0.39, 0.29) is 0 Å². The van der Waals surface area contributed by atoms with Gasteiger partial charge in [0.1, 0.15) is 0 Å². The van der Waals surface area contributed by atoms with Gasteiger partial charge in [0.25, 0.3) is 0 Å². The van der Waals surface area contributed by atoms with Crippen LogP contribution >= 0.6 is 7.12 Å². The van der Waals surface area contributed by atoms with Crippen molar-refractivity contribution in [2.75, 3.05) is 0 Å². The quantitative estimate of drug-likeness (QED) is 0.287. The third-order valence-electron chi connectivity index (χ3n) is 0. The fourth-order valence-electron chi connectivity index (χ4n) is 0. The molecule has 4 heavy (non-hydrogen) atoms. The van der Waals surface area contributed by atoms with Crippen LogP contribution in [0.25, 0.3) is 0 Å². The molecule has 0 N–H and O–H groups in total. The first kappa shape index (κ1) is 8.87. The molecule has 27 valence electrons. The molecule has 0 rings (SSSR count). The van der Waals surface area contributed by atoms with E-state index >= 15 is 0 Å². The van der Waals surface area contributed by atoms with Gasteiger partial charge >= 0.3 is 24.5 Å². The van der Waals surface area contributed by atoms with Crippen LogP contribution in [0.3, 0.4) is 0 Å². The first-order valence-corrected chi connectivity index (χ1v) is 3.84. The Morgan fingerprint density at radius 3 is 1.50 bits per heavy atom. The molecule has 0 atom stereocenters. The van der Waals surface area contributed by atoms with Gasteiger partial charge in [0.15, 0.2) is 0 Å². The van der Waals surface area contributed by atoms with Gasteiger partial charge < -0.3 is 6.92 Å². The van der Waals surface area contributed by atoms with Crippen LogP contribution in [-0.2, 0) is 17.3 Å². The average molecular weight is 162 g/mol. The van der Waals surface area contributed by atoms with Crippen molar-refractivity contribution in [3.05, 3.63) is 6.92 Å². The molecule has 0 unspecified atom stereocenters. The molecular formula is C2H6PRu. The molecule has 0 spiro atoms. The average Bonchev–Trinajstić information content (AvgIpc) is 1.50. The van der Waals surface area contributed by atoms with Gasteiger partial charge in [-0.15, -0.1) is 0 Å². The van der Waals surface area contributed by atoms with Crippen LogP contribution in [0.4, 0.5) is 0 Å². The van der Waals surface area contributed by atoms with Crippen LogP contribution in [0, 0.1) is 6.92 Å². The third kappa shape index (κ3) is 12.7. The van der Waals surface area contributed by atoms with Gasteiger partial charge in [-0.1, -0.05) is 0 Å². The summed E-state index contributed by atoms with van der Waals surface area (Å²) in [4.78, 5) is 0. The Morgan fingerprint density at radius 1 is 1.50 bits per heavy atom. The Morgan fingerprint density at radius 2 is 1.50 bits per heavy atom. The topological polar surface area (TPSA) is 0 Å². The van der Waals surface area contributed by atoms with Gasteiger partial charge in [0, 0.05) is 0 Å². The molecule has 0 aliphatic heterocycles. The zero-order chi connectivity index (χ0) is 4.00. The van der Waals surface area contributed by atoms with Gasteiger partial charge in [0.05, 0.1) is 0 Å². The molecule has 0 aromatic heterocycles. The summed E-state index contributed by atoms with van der Waals surface area (Å²) >= 11 is 2.16. The van der Waals surface area contributed by atoms with Crippen molar-refractivity contribution in [1.29, 1.82) is 0 Å². The van der Waals surface area contributed by atoms with Crippen LogP contribution in [0.5, 0.6) is 0 Å². The van der Waals surface area contributed by atoms with Gasteiger partial charge in [-0.05, 0) is 0 Å². The summed E-state index contributed by atoms with van der Waals surface area (Å²) in [6.45, 7) is 5.00. The van der Waals surface area contributed by atoms with Gasteiger partial charge in [-0.2, -0.15) is 6.92 Å². The minimum absolute atomic E-state index is 1.75. The number of hydrogen-bond acceptors (Lipinski definition) is 0. The Labute approximate surface area is 38.8 Å². The van der Waals surface area contributed by atoms with Crippen molar-refractivity contribution in [2.24, 2.45) is 0 Å². The molecule has 0 aliphatic rings. The minimum atomic E-state index is 1.75. The van der Waals surface area contributed by atoms with E-state index in [1.54, 1.807) is 6.92 Å². The van der Waals surface area contributed by atoms with Crippen molar-refractivity contribution in [3.8, 4) is 0 Å². The monoisotopic (exact) mass is 163 g/mol. The second-order valence-corrected chi connectivity index (χ2v) is 0. The number of rotatable bonds is 0. The van der Waals surface area contributed by atoms with Crippen LogP contribution in [0.15, 0.2) is 0 Å². The fourth-order valence-corrected chi connectivity index (χ4v) is 0. The summed E-state index contributed by atoms with van der Waals surface area (Å²) in [5.41, 5.74) is 0. The van der Waals surface area contributed by atoms with Crippen molar-refractivity contribution < 1.29 is 17.3 Å². The van der Waals surface area contributed by atoms with Crippen LogP contribution in [0.1, 0.15) is 6.92 Å². The molecule has 0 nitrogen and oxygen atoms in total. The Hall–Kier alpha value is 0.923. The molecule has 0 bridgehead atoms. The Balaban J connectivity index is 0. The normalized spacial score (nSPS) is 2.50. The molecule has 0 aromatic rings. The molecule has 0 saturated carbocycles. The predicted molar refractivity (Wildman–Crippen MR) is 19.3 cm³/mol. The molecule has 0 fully saturated rings. The summed E-state index contributed by atoms with van der Waals surface area (Å²) in [5, 5.41) is 0. The van der Waals surface area contributed by atoms with Gasteiger partial charge in [-0.25, -0.2) is 0 Å². The predicted octanol–water partition coefficient (Wildman–Crippen LogP) is 1.43. The molecule has 0 aromatic carbocycles. The molecule has 0 saturated heterocycles. The molecule has 2 heteroatoms. The van der Waals surface area contributed by atoms with Gasteiger partial charge in [0.2, 0.25) is 0 Å². The Kier molecular flexibility index (Phi) is 87.2. The van der Waals surface area contributed by atoms with Crippen LogP contribution < -0.4 is 0 Å². The summed E-state index contributed by atoms with van der Waals surface area (Å²) in [5.74, 6) is 0. The van der Waals surface area contributed by atoms with Crippen molar-refractivity contribution in [2.45, 2.75) is 6.92 Å². The van der Waals surface area contributed by atoms with Gasteiger partial charge in [-0.3, -0.25) is 0 Å². The van der Waals surface area contributed by atoms with E-state index in [0.29, 0.717) is 0 Å². The second kappa shape index (κ2) is 39.3.